The second-order valence-electron chi connectivity index (χ2n) is 8.61. The highest BCUT2D eigenvalue weighted by atomic mass is 16.2. The molecule has 1 aliphatic rings. The van der Waals surface area contributed by atoms with E-state index in [2.05, 4.69) is 5.32 Å². The van der Waals surface area contributed by atoms with Crippen molar-refractivity contribution in [2.75, 3.05) is 13.1 Å². The number of nitrogens with zero attached hydrogens (tertiary/aromatic N) is 3. The van der Waals surface area contributed by atoms with Crippen molar-refractivity contribution < 1.29 is 9.59 Å². The number of fused-ring (bicyclic) bond motifs is 1. The first-order valence-electron chi connectivity index (χ1n) is 11.7. The normalized spacial score (nSPS) is 15.3. The molecule has 1 atom stereocenters. The number of likely N-dealkylation sites (tertiary alicyclic amines) is 1. The van der Waals surface area contributed by atoms with E-state index >= 15 is 0 Å². The Kier molecular flexibility index (Phi) is 7.20. The Balaban J connectivity index is 1.48. The summed E-state index contributed by atoms with van der Waals surface area (Å²) in [4.78, 5) is 32.5. The first-order chi connectivity index (χ1) is 15.6. The van der Waals surface area contributed by atoms with Crippen LogP contribution in [0.25, 0.3) is 11.0 Å². The molecular weight excluding hydrogens is 400 g/mol. The van der Waals surface area contributed by atoms with E-state index in [0.29, 0.717) is 12.8 Å². The molecule has 1 fully saturated rings. The third-order valence-electron chi connectivity index (χ3n) is 6.18. The SMILES string of the molecule is CC(NC(=O)CCc1ccccc1)c1nc2ccccc2n1CC(=O)N1CCCCCC1. The van der Waals surface area contributed by atoms with Gasteiger partial charge in [0.05, 0.1) is 17.1 Å². The average molecular weight is 433 g/mol. The van der Waals surface area contributed by atoms with Crippen molar-refractivity contribution >= 4 is 22.8 Å². The molecule has 4 rings (SSSR count). The van der Waals surface area contributed by atoms with Crippen LogP contribution in [0.5, 0.6) is 0 Å². The Hall–Kier alpha value is -3.15. The van der Waals surface area contributed by atoms with E-state index in [-0.39, 0.29) is 24.4 Å². The smallest absolute Gasteiger partial charge is 0.242 e. The van der Waals surface area contributed by atoms with Gasteiger partial charge in [0.2, 0.25) is 11.8 Å². The van der Waals surface area contributed by atoms with Gasteiger partial charge in [-0.1, -0.05) is 55.3 Å². The van der Waals surface area contributed by atoms with Gasteiger partial charge in [-0.15, -0.1) is 0 Å². The maximum atomic E-state index is 13.1. The summed E-state index contributed by atoms with van der Waals surface area (Å²) in [5.74, 6) is 0.833. The lowest BCUT2D eigenvalue weighted by atomic mass is 10.1. The van der Waals surface area contributed by atoms with Crippen LogP contribution >= 0.6 is 0 Å². The van der Waals surface area contributed by atoms with Crippen molar-refractivity contribution in [3.63, 3.8) is 0 Å². The number of para-hydroxylation sites is 2. The zero-order valence-electron chi connectivity index (χ0n) is 18.8. The molecule has 0 spiro atoms. The lowest BCUT2D eigenvalue weighted by molar-refractivity contribution is -0.131. The molecule has 2 amide bonds. The molecule has 1 aliphatic heterocycles. The van der Waals surface area contributed by atoms with E-state index < -0.39 is 0 Å². The van der Waals surface area contributed by atoms with Crippen LogP contribution in [0.4, 0.5) is 0 Å². The van der Waals surface area contributed by atoms with Gasteiger partial charge in [0.25, 0.3) is 0 Å². The first kappa shape index (κ1) is 22.1. The number of benzene rings is 2. The van der Waals surface area contributed by atoms with Crippen molar-refractivity contribution in [2.24, 2.45) is 0 Å². The molecule has 1 aromatic heterocycles. The van der Waals surface area contributed by atoms with E-state index in [1.54, 1.807) is 0 Å². The van der Waals surface area contributed by atoms with Crippen LogP contribution in [-0.4, -0.2) is 39.4 Å². The quantitative estimate of drug-likeness (QED) is 0.607. The molecule has 168 valence electrons. The third-order valence-corrected chi connectivity index (χ3v) is 6.18. The highest BCUT2D eigenvalue weighted by molar-refractivity contribution is 5.82. The predicted octanol–water partition coefficient (Wildman–Crippen LogP) is 4.25. The minimum atomic E-state index is -0.289. The topological polar surface area (TPSA) is 67.2 Å². The summed E-state index contributed by atoms with van der Waals surface area (Å²) in [7, 11) is 0. The summed E-state index contributed by atoms with van der Waals surface area (Å²) in [5.41, 5.74) is 2.91. The highest BCUT2D eigenvalue weighted by Gasteiger charge is 2.22. The zero-order chi connectivity index (χ0) is 22.3. The summed E-state index contributed by atoms with van der Waals surface area (Å²) in [6.45, 7) is 3.84. The summed E-state index contributed by atoms with van der Waals surface area (Å²) in [5, 5.41) is 3.08. The number of carbonyl (C=O) groups excluding carboxylic acids is 2. The predicted molar refractivity (Wildman–Crippen MR) is 126 cm³/mol. The maximum absolute atomic E-state index is 13.1. The monoisotopic (exact) mass is 432 g/mol. The molecule has 6 nitrogen and oxygen atoms in total. The Bertz CT molecular complexity index is 1050. The highest BCUT2D eigenvalue weighted by Crippen LogP contribution is 2.22. The van der Waals surface area contributed by atoms with Crippen LogP contribution < -0.4 is 5.32 Å². The molecule has 1 unspecified atom stereocenters. The number of hydrogen-bond acceptors (Lipinski definition) is 3. The standard InChI is InChI=1S/C26H32N4O2/c1-20(27-24(31)16-15-21-11-5-4-6-12-21)26-28-22-13-7-8-14-23(22)30(26)19-25(32)29-17-9-2-3-10-18-29/h4-8,11-14,20H,2-3,9-10,15-19H2,1H3,(H,27,31). The van der Waals surface area contributed by atoms with Crippen LogP contribution in [0.3, 0.4) is 0 Å². The van der Waals surface area contributed by atoms with Crippen LogP contribution in [0.15, 0.2) is 54.6 Å². The number of amides is 2. The summed E-state index contributed by atoms with van der Waals surface area (Å²) >= 11 is 0. The van der Waals surface area contributed by atoms with Crippen LogP contribution in [0.2, 0.25) is 0 Å². The molecule has 0 aliphatic carbocycles. The third kappa shape index (κ3) is 5.36. The van der Waals surface area contributed by atoms with Crippen LogP contribution in [0, 0.1) is 0 Å². The van der Waals surface area contributed by atoms with Crippen molar-refractivity contribution in [2.45, 2.75) is 58.0 Å². The second-order valence-corrected chi connectivity index (χ2v) is 8.61. The Morgan fingerprint density at radius 2 is 1.66 bits per heavy atom. The lowest BCUT2D eigenvalue weighted by Crippen LogP contribution is -2.36. The van der Waals surface area contributed by atoms with Crippen LogP contribution in [0.1, 0.15) is 56.5 Å². The Labute approximate surface area is 189 Å². The lowest BCUT2D eigenvalue weighted by Gasteiger charge is -2.22. The van der Waals surface area contributed by atoms with Crippen molar-refractivity contribution in [3.8, 4) is 0 Å². The fraction of sp³-hybridized carbons (Fsp3) is 0.423. The van der Waals surface area contributed by atoms with Crippen molar-refractivity contribution in [1.29, 1.82) is 0 Å². The molecule has 2 heterocycles. The van der Waals surface area contributed by atoms with Gasteiger partial charge >= 0.3 is 0 Å². The number of carbonyl (C=O) groups is 2. The van der Waals surface area contributed by atoms with Gasteiger partial charge in [-0.2, -0.15) is 0 Å². The second kappa shape index (κ2) is 10.4. The van der Waals surface area contributed by atoms with Gasteiger partial charge in [0, 0.05) is 19.5 Å². The maximum Gasteiger partial charge on any atom is 0.242 e. The van der Waals surface area contributed by atoms with Crippen molar-refractivity contribution in [1.82, 2.24) is 19.8 Å². The number of rotatable bonds is 7. The van der Waals surface area contributed by atoms with Gasteiger partial charge in [-0.3, -0.25) is 9.59 Å². The average Bonchev–Trinajstić information content (AvgIpc) is 2.98. The molecule has 1 saturated heterocycles. The molecule has 0 radical (unpaired) electrons. The van der Waals surface area contributed by atoms with E-state index in [0.717, 1.165) is 48.4 Å². The van der Waals surface area contributed by atoms with Gasteiger partial charge < -0.3 is 14.8 Å². The largest absolute Gasteiger partial charge is 0.346 e. The number of imidazole rings is 1. The summed E-state index contributed by atoms with van der Waals surface area (Å²) in [6.07, 6.45) is 5.63. The zero-order valence-corrected chi connectivity index (χ0v) is 18.8. The van der Waals surface area contributed by atoms with Crippen molar-refractivity contribution in [3.05, 3.63) is 66.0 Å². The Morgan fingerprint density at radius 3 is 2.41 bits per heavy atom. The van der Waals surface area contributed by atoms with E-state index in [1.807, 2.05) is 71.0 Å². The van der Waals surface area contributed by atoms with Gasteiger partial charge in [0.1, 0.15) is 12.4 Å². The number of aromatic nitrogens is 2. The van der Waals surface area contributed by atoms with E-state index in [1.165, 1.54) is 12.8 Å². The fourth-order valence-corrected chi connectivity index (χ4v) is 4.43. The summed E-state index contributed by atoms with van der Waals surface area (Å²) < 4.78 is 1.98. The van der Waals surface area contributed by atoms with E-state index in [4.69, 9.17) is 4.98 Å². The molecule has 1 N–H and O–H groups in total. The molecule has 32 heavy (non-hydrogen) atoms. The van der Waals surface area contributed by atoms with Gasteiger partial charge in [-0.05, 0) is 43.9 Å². The Morgan fingerprint density at radius 1 is 0.969 bits per heavy atom. The van der Waals surface area contributed by atoms with E-state index in [9.17, 15) is 9.59 Å². The first-order valence-corrected chi connectivity index (χ1v) is 11.7. The number of hydrogen-bond donors (Lipinski definition) is 1. The molecule has 2 aromatic carbocycles. The van der Waals surface area contributed by atoms with Gasteiger partial charge in [-0.25, -0.2) is 4.98 Å². The number of aryl methyl sites for hydroxylation is 1. The van der Waals surface area contributed by atoms with Gasteiger partial charge in [0.15, 0.2) is 0 Å². The molecule has 0 saturated carbocycles. The fourth-order valence-electron chi connectivity index (χ4n) is 4.43. The van der Waals surface area contributed by atoms with Crippen LogP contribution in [-0.2, 0) is 22.6 Å². The number of nitrogens with one attached hydrogen (secondary N) is 1. The molecule has 0 bridgehead atoms. The summed E-state index contributed by atoms with van der Waals surface area (Å²) in [6, 6.07) is 17.6. The minimum absolute atomic E-state index is 0.0150. The molecule has 3 aromatic rings. The minimum Gasteiger partial charge on any atom is -0.346 e. The molecule has 6 heteroatoms. The molecular formula is C26H32N4O2.